The lowest BCUT2D eigenvalue weighted by molar-refractivity contribution is -0.137. The van der Waals surface area contributed by atoms with E-state index in [1.165, 1.54) is 0 Å². The van der Waals surface area contributed by atoms with E-state index in [0.717, 1.165) is 12.1 Å². The van der Waals surface area contributed by atoms with Crippen LogP contribution in [0.4, 0.5) is 0 Å². The number of carbonyl (C=O) groups is 2. The van der Waals surface area contributed by atoms with Crippen molar-refractivity contribution in [1.82, 2.24) is 19.4 Å². The zero-order valence-electron chi connectivity index (χ0n) is 16.3. The molecule has 2 amide bonds. The van der Waals surface area contributed by atoms with Crippen LogP contribution in [0.15, 0.2) is 35.3 Å². The van der Waals surface area contributed by atoms with Crippen molar-refractivity contribution >= 4 is 11.8 Å². The summed E-state index contributed by atoms with van der Waals surface area (Å²) in [7, 11) is 3.55. The molecule has 0 aliphatic carbocycles. The van der Waals surface area contributed by atoms with Crippen molar-refractivity contribution in [2.75, 3.05) is 39.9 Å². The average molecular weight is 386 g/mol. The molecule has 150 valence electrons. The molecule has 2 saturated heterocycles. The standard InChI is InChI=1S/C20H26N4O4/c1-22-12-17(21-14-22)16-11-24(18(25)10-15-4-3-8-28-15)13-20(16)5-6-23(19(20)26)7-9-27-2/h3-4,8,12,14,16H,5-7,9-11,13H2,1-2H3/t16-,20+/m0/s1. The number of methoxy groups -OCH3 is 1. The summed E-state index contributed by atoms with van der Waals surface area (Å²) in [4.78, 5) is 34.5. The molecular weight excluding hydrogens is 360 g/mol. The second kappa shape index (κ2) is 7.43. The first-order chi connectivity index (χ1) is 13.5. The molecule has 0 unspecified atom stereocenters. The van der Waals surface area contributed by atoms with Crippen LogP contribution in [0.5, 0.6) is 0 Å². The van der Waals surface area contributed by atoms with E-state index in [-0.39, 0.29) is 24.2 Å². The second-order valence-electron chi connectivity index (χ2n) is 7.74. The minimum atomic E-state index is -0.610. The number of imidazole rings is 1. The zero-order valence-corrected chi connectivity index (χ0v) is 16.3. The Morgan fingerprint density at radius 3 is 3.00 bits per heavy atom. The minimum absolute atomic E-state index is 0.0177. The summed E-state index contributed by atoms with van der Waals surface area (Å²) in [5.74, 6) is 0.624. The van der Waals surface area contributed by atoms with E-state index in [4.69, 9.17) is 9.15 Å². The van der Waals surface area contributed by atoms with Gasteiger partial charge in [-0.3, -0.25) is 9.59 Å². The topological polar surface area (TPSA) is 80.8 Å². The Kier molecular flexibility index (Phi) is 4.97. The highest BCUT2D eigenvalue weighted by Crippen LogP contribution is 2.49. The SMILES string of the molecule is COCCN1CC[C@]2(CN(C(=O)Cc3ccco3)C[C@H]2c2cn(C)cn2)C1=O. The molecule has 0 saturated carbocycles. The van der Waals surface area contributed by atoms with Crippen molar-refractivity contribution in [3.8, 4) is 0 Å². The van der Waals surface area contributed by atoms with Crippen LogP contribution in [0.2, 0.25) is 0 Å². The normalized spacial score (nSPS) is 24.6. The number of rotatable bonds is 6. The third kappa shape index (κ3) is 3.22. The first-order valence-electron chi connectivity index (χ1n) is 9.60. The maximum absolute atomic E-state index is 13.4. The van der Waals surface area contributed by atoms with Gasteiger partial charge in [-0.2, -0.15) is 0 Å². The lowest BCUT2D eigenvalue weighted by Crippen LogP contribution is -2.41. The average Bonchev–Trinajstić information content (AvgIpc) is 3.45. The molecule has 0 radical (unpaired) electrons. The lowest BCUT2D eigenvalue weighted by Gasteiger charge is -2.27. The number of ether oxygens (including phenoxy) is 1. The molecule has 0 aromatic carbocycles. The van der Waals surface area contributed by atoms with Crippen LogP contribution >= 0.6 is 0 Å². The largest absolute Gasteiger partial charge is 0.469 e. The molecule has 2 aliphatic heterocycles. The molecule has 4 rings (SSSR count). The molecule has 2 atom stereocenters. The van der Waals surface area contributed by atoms with E-state index < -0.39 is 5.41 Å². The fraction of sp³-hybridized carbons (Fsp3) is 0.550. The summed E-state index contributed by atoms with van der Waals surface area (Å²) < 4.78 is 12.4. The number of carbonyl (C=O) groups excluding carboxylic acids is 2. The summed E-state index contributed by atoms with van der Waals surface area (Å²) in [6.07, 6.45) is 6.20. The molecule has 2 fully saturated rings. The number of hydrogen-bond donors (Lipinski definition) is 0. The molecule has 2 aromatic rings. The van der Waals surface area contributed by atoms with Crippen LogP contribution in [0, 0.1) is 5.41 Å². The van der Waals surface area contributed by atoms with Crippen molar-refractivity contribution in [2.24, 2.45) is 12.5 Å². The van der Waals surface area contributed by atoms with Gasteiger partial charge in [-0.1, -0.05) is 0 Å². The summed E-state index contributed by atoms with van der Waals surface area (Å²) in [5.41, 5.74) is 0.263. The molecule has 8 nitrogen and oxygen atoms in total. The Labute approximate surface area is 164 Å². The van der Waals surface area contributed by atoms with Crippen molar-refractivity contribution in [3.05, 3.63) is 42.4 Å². The first kappa shape index (κ1) is 18.7. The van der Waals surface area contributed by atoms with Gasteiger partial charge in [0.1, 0.15) is 5.76 Å². The Balaban J connectivity index is 1.59. The maximum atomic E-state index is 13.4. The Morgan fingerprint density at radius 2 is 2.32 bits per heavy atom. The number of furan rings is 1. The number of aromatic nitrogens is 2. The van der Waals surface area contributed by atoms with Crippen molar-refractivity contribution in [1.29, 1.82) is 0 Å². The molecule has 4 heterocycles. The first-order valence-corrected chi connectivity index (χ1v) is 9.60. The number of likely N-dealkylation sites (tertiary alicyclic amines) is 2. The summed E-state index contributed by atoms with van der Waals surface area (Å²) >= 11 is 0. The van der Waals surface area contributed by atoms with Gasteiger partial charge < -0.3 is 23.5 Å². The predicted molar refractivity (Wildman–Crippen MR) is 100 cm³/mol. The summed E-state index contributed by atoms with van der Waals surface area (Å²) in [6, 6.07) is 3.58. The van der Waals surface area contributed by atoms with Crippen LogP contribution in [0.25, 0.3) is 0 Å². The third-order valence-electron chi connectivity index (χ3n) is 5.99. The maximum Gasteiger partial charge on any atom is 0.231 e. The van der Waals surface area contributed by atoms with Crippen molar-refractivity contribution in [3.63, 3.8) is 0 Å². The Bertz CT molecular complexity index is 846. The molecule has 8 heteroatoms. The van der Waals surface area contributed by atoms with E-state index in [0.29, 0.717) is 38.5 Å². The van der Waals surface area contributed by atoms with Gasteiger partial charge in [-0.05, 0) is 18.6 Å². The van der Waals surface area contributed by atoms with E-state index in [1.807, 2.05) is 22.7 Å². The van der Waals surface area contributed by atoms with E-state index in [1.54, 1.807) is 36.7 Å². The van der Waals surface area contributed by atoms with Crippen molar-refractivity contribution in [2.45, 2.75) is 18.8 Å². The lowest BCUT2D eigenvalue weighted by atomic mass is 9.75. The highest BCUT2D eigenvalue weighted by molar-refractivity contribution is 5.88. The van der Waals surface area contributed by atoms with Crippen molar-refractivity contribution < 1.29 is 18.7 Å². The smallest absolute Gasteiger partial charge is 0.231 e. The summed E-state index contributed by atoms with van der Waals surface area (Å²) in [6.45, 7) is 2.70. The predicted octanol–water partition coefficient (Wildman–Crippen LogP) is 1.05. The highest BCUT2D eigenvalue weighted by atomic mass is 16.5. The third-order valence-corrected chi connectivity index (χ3v) is 5.99. The molecule has 28 heavy (non-hydrogen) atoms. The molecule has 1 spiro atoms. The van der Waals surface area contributed by atoms with Gasteiger partial charge in [0, 0.05) is 52.5 Å². The fourth-order valence-corrected chi connectivity index (χ4v) is 4.51. The highest BCUT2D eigenvalue weighted by Gasteiger charge is 2.58. The van der Waals surface area contributed by atoms with Gasteiger partial charge >= 0.3 is 0 Å². The van der Waals surface area contributed by atoms with E-state index in [2.05, 4.69) is 4.98 Å². The molecule has 0 N–H and O–H groups in total. The Hall–Kier alpha value is -2.61. The fourth-order valence-electron chi connectivity index (χ4n) is 4.51. The van der Waals surface area contributed by atoms with Crippen LogP contribution in [-0.4, -0.2) is 71.1 Å². The van der Waals surface area contributed by atoms with Crippen LogP contribution in [0.1, 0.15) is 23.8 Å². The van der Waals surface area contributed by atoms with Gasteiger partial charge in [-0.25, -0.2) is 4.98 Å². The molecular formula is C20H26N4O4. The van der Waals surface area contributed by atoms with Crippen LogP contribution < -0.4 is 0 Å². The van der Waals surface area contributed by atoms with Crippen LogP contribution in [-0.2, 0) is 27.8 Å². The van der Waals surface area contributed by atoms with Gasteiger partial charge in [0.05, 0.1) is 36.7 Å². The quantitative estimate of drug-likeness (QED) is 0.741. The number of nitrogens with zero attached hydrogens (tertiary/aromatic N) is 4. The number of hydrogen-bond acceptors (Lipinski definition) is 5. The van der Waals surface area contributed by atoms with Gasteiger partial charge in [0.25, 0.3) is 0 Å². The molecule has 0 bridgehead atoms. The monoisotopic (exact) mass is 386 g/mol. The summed E-state index contributed by atoms with van der Waals surface area (Å²) in [5, 5.41) is 0. The van der Waals surface area contributed by atoms with Crippen LogP contribution in [0.3, 0.4) is 0 Å². The Morgan fingerprint density at radius 1 is 1.46 bits per heavy atom. The molecule has 2 aliphatic rings. The van der Waals surface area contributed by atoms with Gasteiger partial charge in [0.15, 0.2) is 0 Å². The van der Waals surface area contributed by atoms with Gasteiger partial charge in [0.2, 0.25) is 11.8 Å². The van der Waals surface area contributed by atoms with Gasteiger partial charge in [-0.15, -0.1) is 0 Å². The zero-order chi connectivity index (χ0) is 19.7. The number of aryl methyl sites for hydroxylation is 1. The van der Waals surface area contributed by atoms with E-state index >= 15 is 0 Å². The minimum Gasteiger partial charge on any atom is -0.469 e. The number of amides is 2. The van der Waals surface area contributed by atoms with E-state index in [9.17, 15) is 9.59 Å². The molecule has 2 aromatic heterocycles. The second-order valence-corrected chi connectivity index (χ2v) is 7.74.